The fourth-order valence-electron chi connectivity index (χ4n) is 2.52. The van der Waals surface area contributed by atoms with Crippen molar-refractivity contribution >= 4 is 34.1 Å². The van der Waals surface area contributed by atoms with Gasteiger partial charge in [0.25, 0.3) is 5.91 Å². The maximum atomic E-state index is 12.2. The van der Waals surface area contributed by atoms with Crippen molar-refractivity contribution in [2.24, 2.45) is 0 Å². The number of halogens is 1. The molecule has 0 bridgehead atoms. The number of carbonyl (C=O) groups is 1. The van der Waals surface area contributed by atoms with E-state index >= 15 is 0 Å². The Morgan fingerprint density at radius 3 is 2.85 bits per heavy atom. The summed E-state index contributed by atoms with van der Waals surface area (Å²) >= 11 is 5.80. The second-order valence-electron chi connectivity index (χ2n) is 5.50. The number of ether oxygens (including phenoxy) is 1. The number of benzene rings is 1. The third-order valence-electron chi connectivity index (χ3n) is 3.75. The van der Waals surface area contributed by atoms with Gasteiger partial charge in [-0.3, -0.25) is 4.79 Å². The van der Waals surface area contributed by atoms with Gasteiger partial charge in [0, 0.05) is 34.9 Å². The molecule has 1 amide bonds. The number of nitrogens with one attached hydrogen (secondary N) is 2. The molecule has 0 radical (unpaired) electrons. The van der Waals surface area contributed by atoms with Crippen LogP contribution in [-0.2, 0) is 0 Å². The van der Waals surface area contributed by atoms with E-state index in [0.29, 0.717) is 22.9 Å². The van der Waals surface area contributed by atoms with Gasteiger partial charge in [-0.05, 0) is 36.4 Å². The van der Waals surface area contributed by atoms with Crippen molar-refractivity contribution in [1.82, 2.24) is 15.0 Å². The normalized spacial score (nSPS) is 10.7. The van der Waals surface area contributed by atoms with Crippen LogP contribution in [0.15, 0.2) is 67.1 Å². The Balaban J connectivity index is 1.48. The number of amides is 1. The van der Waals surface area contributed by atoms with Crippen LogP contribution in [-0.4, -0.2) is 20.9 Å². The number of aromatic amines is 1. The van der Waals surface area contributed by atoms with Gasteiger partial charge in [0.05, 0.1) is 11.9 Å². The Morgan fingerprint density at radius 1 is 1.12 bits per heavy atom. The topological polar surface area (TPSA) is 79.9 Å². The van der Waals surface area contributed by atoms with Gasteiger partial charge in [-0.1, -0.05) is 17.7 Å². The average Bonchev–Trinajstić information content (AvgIpc) is 3.13. The van der Waals surface area contributed by atoms with E-state index in [9.17, 15) is 4.79 Å². The van der Waals surface area contributed by atoms with Crippen LogP contribution in [0.4, 0.5) is 5.69 Å². The Morgan fingerprint density at radius 2 is 2.04 bits per heavy atom. The highest BCUT2D eigenvalue weighted by atomic mass is 35.5. The van der Waals surface area contributed by atoms with Crippen molar-refractivity contribution in [2.45, 2.75) is 0 Å². The fraction of sp³-hybridized carbons (Fsp3) is 0. The molecule has 0 saturated carbocycles. The maximum Gasteiger partial charge on any atom is 0.255 e. The summed E-state index contributed by atoms with van der Waals surface area (Å²) < 4.78 is 5.84. The summed E-state index contributed by atoms with van der Waals surface area (Å²) in [5.41, 5.74) is 1.96. The highest BCUT2D eigenvalue weighted by Crippen LogP contribution is 2.28. The Bertz CT molecular complexity index is 1080. The maximum absolute atomic E-state index is 12.2. The SMILES string of the molecule is O=C(Nc1ccc(Oc2cccc3[nH]ccc23)nc1)c1ccnc(Cl)c1. The molecule has 26 heavy (non-hydrogen) atoms. The first-order valence-corrected chi connectivity index (χ1v) is 8.20. The van der Waals surface area contributed by atoms with E-state index < -0.39 is 0 Å². The third-order valence-corrected chi connectivity index (χ3v) is 3.96. The van der Waals surface area contributed by atoms with Gasteiger partial charge >= 0.3 is 0 Å². The van der Waals surface area contributed by atoms with Crippen LogP contribution in [0.1, 0.15) is 10.4 Å². The number of fused-ring (bicyclic) bond motifs is 1. The third kappa shape index (κ3) is 3.36. The molecule has 4 rings (SSSR count). The van der Waals surface area contributed by atoms with Gasteiger partial charge in [-0.25, -0.2) is 9.97 Å². The smallest absolute Gasteiger partial charge is 0.255 e. The number of nitrogens with zero attached hydrogens (tertiary/aromatic N) is 2. The highest BCUT2D eigenvalue weighted by molar-refractivity contribution is 6.29. The standard InChI is InChI=1S/C19H13ClN4O2/c20-17-10-12(6-8-22-17)19(25)24-13-4-5-18(23-11-13)26-16-3-1-2-15-14(16)7-9-21-15/h1-11,21H,(H,24,25). The molecule has 4 aromatic rings. The molecule has 0 aliphatic rings. The second kappa shape index (κ2) is 6.85. The highest BCUT2D eigenvalue weighted by Gasteiger charge is 2.08. The van der Waals surface area contributed by atoms with Crippen LogP contribution in [0.5, 0.6) is 11.6 Å². The molecule has 0 atom stereocenters. The molecule has 3 heterocycles. The van der Waals surface area contributed by atoms with E-state index in [4.69, 9.17) is 16.3 Å². The van der Waals surface area contributed by atoms with Crippen LogP contribution in [0.3, 0.4) is 0 Å². The van der Waals surface area contributed by atoms with Gasteiger partial charge in [0.15, 0.2) is 0 Å². The minimum Gasteiger partial charge on any atom is -0.438 e. The summed E-state index contributed by atoms with van der Waals surface area (Å²) in [4.78, 5) is 23.4. The Hall–Kier alpha value is -3.38. The van der Waals surface area contributed by atoms with E-state index in [0.717, 1.165) is 10.9 Å². The quantitative estimate of drug-likeness (QED) is 0.516. The van der Waals surface area contributed by atoms with Crippen molar-refractivity contribution < 1.29 is 9.53 Å². The Kier molecular flexibility index (Phi) is 4.25. The predicted molar refractivity (Wildman–Crippen MR) is 99.8 cm³/mol. The molecule has 128 valence electrons. The summed E-state index contributed by atoms with van der Waals surface area (Å²) in [6, 6.07) is 14.2. The number of rotatable bonds is 4. The molecule has 0 spiro atoms. The van der Waals surface area contributed by atoms with E-state index in [1.807, 2.05) is 30.5 Å². The van der Waals surface area contributed by atoms with E-state index in [1.54, 1.807) is 18.2 Å². The molecule has 2 N–H and O–H groups in total. The first-order valence-electron chi connectivity index (χ1n) is 7.82. The first kappa shape index (κ1) is 16.1. The molecule has 3 aromatic heterocycles. The summed E-state index contributed by atoms with van der Waals surface area (Å²) in [6.45, 7) is 0. The van der Waals surface area contributed by atoms with Crippen molar-refractivity contribution in [3.05, 3.63) is 77.8 Å². The van der Waals surface area contributed by atoms with Crippen molar-refractivity contribution in [3.63, 3.8) is 0 Å². The first-order chi connectivity index (χ1) is 12.7. The van der Waals surface area contributed by atoms with Crippen molar-refractivity contribution in [3.8, 4) is 11.6 Å². The molecule has 7 heteroatoms. The van der Waals surface area contributed by atoms with Crippen LogP contribution in [0.2, 0.25) is 5.15 Å². The Labute approximate surface area is 153 Å². The molecule has 0 fully saturated rings. The summed E-state index contributed by atoms with van der Waals surface area (Å²) in [5.74, 6) is 0.852. The lowest BCUT2D eigenvalue weighted by Gasteiger charge is -2.08. The predicted octanol–water partition coefficient (Wildman–Crippen LogP) is 4.66. The molecule has 0 aliphatic heterocycles. The number of H-pyrrole nitrogens is 1. The summed E-state index contributed by atoms with van der Waals surface area (Å²) in [6.07, 6.45) is 4.87. The van der Waals surface area contributed by atoms with Gasteiger partial charge in [0.1, 0.15) is 10.9 Å². The molecule has 6 nitrogen and oxygen atoms in total. The number of hydrogen-bond donors (Lipinski definition) is 2. The number of pyridine rings is 2. The minimum atomic E-state index is -0.290. The van der Waals surface area contributed by atoms with E-state index in [1.165, 1.54) is 18.5 Å². The van der Waals surface area contributed by atoms with Gasteiger partial charge in [-0.2, -0.15) is 0 Å². The van der Waals surface area contributed by atoms with E-state index in [-0.39, 0.29) is 11.1 Å². The largest absolute Gasteiger partial charge is 0.438 e. The van der Waals surface area contributed by atoms with Crippen LogP contribution in [0, 0.1) is 0 Å². The van der Waals surface area contributed by atoms with Crippen molar-refractivity contribution in [2.75, 3.05) is 5.32 Å². The van der Waals surface area contributed by atoms with Crippen LogP contribution < -0.4 is 10.1 Å². The second-order valence-corrected chi connectivity index (χ2v) is 5.89. The molecular weight excluding hydrogens is 352 g/mol. The monoisotopic (exact) mass is 364 g/mol. The number of hydrogen-bond acceptors (Lipinski definition) is 4. The number of anilines is 1. The summed E-state index contributed by atoms with van der Waals surface area (Å²) in [5, 5.41) is 3.99. The van der Waals surface area contributed by atoms with Gasteiger partial charge < -0.3 is 15.0 Å². The summed E-state index contributed by atoms with van der Waals surface area (Å²) in [7, 11) is 0. The molecule has 1 aromatic carbocycles. The lowest BCUT2D eigenvalue weighted by atomic mass is 10.2. The zero-order valence-corrected chi connectivity index (χ0v) is 14.2. The number of carbonyl (C=O) groups excluding carboxylic acids is 1. The van der Waals surface area contributed by atoms with Crippen LogP contribution in [0.25, 0.3) is 10.9 Å². The number of aromatic nitrogens is 3. The minimum absolute atomic E-state index is 0.262. The molecule has 0 saturated heterocycles. The zero-order valence-electron chi connectivity index (χ0n) is 13.4. The van der Waals surface area contributed by atoms with E-state index in [2.05, 4.69) is 20.3 Å². The van der Waals surface area contributed by atoms with Gasteiger partial charge in [-0.15, -0.1) is 0 Å². The van der Waals surface area contributed by atoms with Gasteiger partial charge in [0.2, 0.25) is 5.88 Å². The molecule has 0 aliphatic carbocycles. The lowest BCUT2D eigenvalue weighted by molar-refractivity contribution is 0.102. The fourth-order valence-corrected chi connectivity index (χ4v) is 2.69. The zero-order chi connectivity index (χ0) is 17.9. The van der Waals surface area contributed by atoms with Crippen LogP contribution >= 0.6 is 11.6 Å². The lowest BCUT2D eigenvalue weighted by Crippen LogP contribution is -2.12. The van der Waals surface area contributed by atoms with Crippen molar-refractivity contribution in [1.29, 1.82) is 0 Å². The molecule has 0 unspecified atom stereocenters. The average molecular weight is 365 g/mol. The molecular formula is C19H13ClN4O2.